The Labute approximate surface area is 175 Å². The molecule has 0 bridgehead atoms. The molecule has 0 aromatic heterocycles. The van der Waals surface area contributed by atoms with Gasteiger partial charge in [0.15, 0.2) is 0 Å². The molecule has 7 heteroatoms. The van der Waals surface area contributed by atoms with Gasteiger partial charge in [-0.2, -0.15) is 0 Å². The summed E-state index contributed by atoms with van der Waals surface area (Å²) in [7, 11) is 0. The minimum Gasteiger partial charge on any atom is -0.355 e. The van der Waals surface area contributed by atoms with Crippen LogP contribution in [0.2, 0.25) is 5.02 Å². The number of amides is 3. The molecule has 1 saturated heterocycles. The van der Waals surface area contributed by atoms with Crippen LogP contribution < -0.4 is 5.32 Å². The van der Waals surface area contributed by atoms with E-state index in [1.54, 1.807) is 34.1 Å². The van der Waals surface area contributed by atoms with Gasteiger partial charge in [-0.15, -0.1) is 0 Å². The van der Waals surface area contributed by atoms with Gasteiger partial charge < -0.3 is 15.1 Å². The van der Waals surface area contributed by atoms with Crippen LogP contribution in [0.4, 0.5) is 0 Å². The number of hydrogen-bond donors (Lipinski definition) is 1. The van der Waals surface area contributed by atoms with Crippen LogP contribution in [0.3, 0.4) is 0 Å². The van der Waals surface area contributed by atoms with Gasteiger partial charge in [-0.25, -0.2) is 0 Å². The molecule has 1 heterocycles. The molecule has 1 aliphatic heterocycles. The second-order valence-electron chi connectivity index (χ2n) is 6.94. The molecule has 3 amide bonds. The first-order valence-electron chi connectivity index (χ1n) is 9.66. The Morgan fingerprint density at radius 2 is 1.48 bits per heavy atom. The maximum absolute atomic E-state index is 12.5. The van der Waals surface area contributed by atoms with Gasteiger partial charge in [-0.1, -0.05) is 41.9 Å². The average Bonchev–Trinajstić information content (AvgIpc) is 2.74. The van der Waals surface area contributed by atoms with Crippen molar-refractivity contribution in [2.24, 2.45) is 0 Å². The average molecular weight is 414 g/mol. The first-order valence-corrected chi connectivity index (χ1v) is 10.0. The van der Waals surface area contributed by atoms with Crippen LogP contribution in [0.5, 0.6) is 0 Å². The predicted octanol–water partition coefficient (Wildman–Crippen LogP) is 2.37. The van der Waals surface area contributed by atoms with Crippen LogP contribution in [0.15, 0.2) is 54.6 Å². The summed E-state index contributed by atoms with van der Waals surface area (Å²) in [6, 6.07) is 16.3. The number of hydrogen-bond acceptors (Lipinski definition) is 3. The molecule has 3 rings (SSSR count). The lowest BCUT2D eigenvalue weighted by atomic mass is 10.1. The molecule has 0 unspecified atom stereocenters. The zero-order chi connectivity index (χ0) is 20.6. The summed E-state index contributed by atoms with van der Waals surface area (Å²) >= 11 is 5.86. The number of benzene rings is 2. The Kier molecular flexibility index (Phi) is 7.25. The third-order valence-electron chi connectivity index (χ3n) is 4.88. The summed E-state index contributed by atoms with van der Waals surface area (Å²) in [4.78, 5) is 40.3. The highest BCUT2D eigenvalue weighted by molar-refractivity contribution is 6.30. The van der Waals surface area contributed by atoms with Crippen molar-refractivity contribution >= 4 is 29.3 Å². The summed E-state index contributed by atoms with van der Waals surface area (Å²) in [6.45, 7) is 2.29. The van der Waals surface area contributed by atoms with Crippen LogP contribution in [-0.4, -0.2) is 60.2 Å². The first kappa shape index (κ1) is 20.9. The van der Waals surface area contributed by atoms with Crippen molar-refractivity contribution in [2.75, 3.05) is 32.7 Å². The van der Waals surface area contributed by atoms with Crippen LogP contribution in [-0.2, 0) is 16.0 Å². The SMILES string of the molecule is O=C(Cc1ccccc1)NCCC(=O)N1CCN(C(=O)c2ccc(Cl)cc2)CC1. The molecule has 0 atom stereocenters. The Bertz CT molecular complexity index is 847. The number of nitrogens with zero attached hydrogens (tertiary/aromatic N) is 2. The fraction of sp³-hybridized carbons (Fsp3) is 0.318. The fourth-order valence-electron chi connectivity index (χ4n) is 3.24. The third-order valence-corrected chi connectivity index (χ3v) is 5.13. The maximum atomic E-state index is 12.5. The minimum absolute atomic E-state index is 0.0106. The van der Waals surface area contributed by atoms with Crippen LogP contribution in [0, 0.1) is 0 Å². The molecule has 0 radical (unpaired) electrons. The lowest BCUT2D eigenvalue weighted by Crippen LogP contribution is -2.51. The van der Waals surface area contributed by atoms with Crippen molar-refractivity contribution in [3.8, 4) is 0 Å². The molecule has 1 aliphatic rings. The molecule has 0 saturated carbocycles. The molecule has 0 spiro atoms. The molecule has 152 valence electrons. The normalized spacial score (nSPS) is 13.8. The van der Waals surface area contributed by atoms with E-state index in [9.17, 15) is 14.4 Å². The molecule has 29 heavy (non-hydrogen) atoms. The van der Waals surface area contributed by atoms with Gasteiger partial charge >= 0.3 is 0 Å². The lowest BCUT2D eigenvalue weighted by Gasteiger charge is -2.35. The highest BCUT2D eigenvalue weighted by Gasteiger charge is 2.24. The first-order chi connectivity index (χ1) is 14.0. The molecule has 2 aromatic carbocycles. The number of halogens is 1. The molecule has 2 aromatic rings. The fourth-order valence-corrected chi connectivity index (χ4v) is 3.37. The zero-order valence-electron chi connectivity index (χ0n) is 16.1. The number of carbonyl (C=O) groups excluding carboxylic acids is 3. The van der Waals surface area contributed by atoms with E-state index < -0.39 is 0 Å². The number of piperazine rings is 1. The van der Waals surface area contributed by atoms with Crippen molar-refractivity contribution in [1.29, 1.82) is 0 Å². The quantitative estimate of drug-likeness (QED) is 0.790. The van der Waals surface area contributed by atoms with E-state index in [1.807, 2.05) is 30.3 Å². The molecular formula is C22H24ClN3O3. The van der Waals surface area contributed by atoms with Crippen LogP contribution in [0.1, 0.15) is 22.3 Å². The molecule has 0 aliphatic carbocycles. The van der Waals surface area contributed by atoms with Crippen molar-refractivity contribution in [2.45, 2.75) is 12.8 Å². The lowest BCUT2D eigenvalue weighted by molar-refractivity contribution is -0.132. The Balaban J connectivity index is 1.38. The van der Waals surface area contributed by atoms with E-state index in [0.717, 1.165) is 5.56 Å². The summed E-state index contributed by atoms with van der Waals surface area (Å²) in [5.41, 5.74) is 1.54. The number of nitrogens with one attached hydrogen (secondary N) is 1. The van der Waals surface area contributed by atoms with Crippen molar-refractivity contribution in [1.82, 2.24) is 15.1 Å². The topological polar surface area (TPSA) is 69.7 Å². The molecular weight excluding hydrogens is 390 g/mol. The standard InChI is InChI=1S/C22H24ClN3O3/c23-19-8-6-18(7-9-19)22(29)26-14-12-25(13-15-26)21(28)10-11-24-20(27)16-17-4-2-1-3-5-17/h1-9H,10-16H2,(H,24,27). The highest BCUT2D eigenvalue weighted by Crippen LogP contribution is 2.13. The Hall–Kier alpha value is -2.86. The monoisotopic (exact) mass is 413 g/mol. The van der Waals surface area contributed by atoms with Crippen molar-refractivity contribution in [3.05, 3.63) is 70.7 Å². The number of carbonyl (C=O) groups is 3. The van der Waals surface area contributed by atoms with Gasteiger partial charge in [0.25, 0.3) is 5.91 Å². The highest BCUT2D eigenvalue weighted by atomic mass is 35.5. The molecule has 1 fully saturated rings. The zero-order valence-corrected chi connectivity index (χ0v) is 16.9. The van der Waals surface area contributed by atoms with Gasteiger partial charge in [0.2, 0.25) is 11.8 Å². The molecule has 6 nitrogen and oxygen atoms in total. The van der Waals surface area contributed by atoms with Crippen LogP contribution in [0.25, 0.3) is 0 Å². The van der Waals surface area contributed by atoms with Gasteiger partial charge in [-0.3, -0.25) is 14.4 Å². The van der Waals surface area contributed by atoms with Crippen molar-refractivity contribution < 1.29 is 14.4 Å². The largest absolute Gasteiger partial charge is 0.355 e. The second kappa shape index (κ2) is 10.1. The second-order valence-corrected chi connectivity index (χ2v) is 7.38. The van der Waals surface area contributed by atoms with Gasteiger partial charge in [-0.05, 0) is 29.8 Å². The summed E-state index contributed by atoms with van der Waals surface area (Å²) < 4.78 is 0. The van der Waals surface area contributed by atoms with E-state index >= 15 is 0 Å². The van der Waals surface area contributed by atoms with E-state index in [2.05, 4.69) is 5.32 Å². The smallest absolute Gasteiger partial charge is 0.253 e. The van der Waals surface area contributed by atoms with Crippen molar-refractivity contribution in [3.63, 3.8) is 0 Å². The van der Waals surface area contributed by atoms with Crippen LogP contribution >= 0.6 is 11.6 Å². The van der Waals surface area contributed by atoms with Gasteiger partial charge in [0.1, 0.15) is 0 Å². The number of rotatable bonds is 6. The van der Waals surface area contributed by atoms with E-state index in [4.69, 9.17) is 11.6 Å². The minimum atomic E-state index is -0.0950. The summed E-state index contributed by atoms with van der Waals surface area (Å²) in [5.74, 6) is -0.159. The van der Waals surface area contributed by atoms with E-state index in [0.29, 0.717) is 49.7 Å². The van der Waals surface area contributed by atoms with Gasteiger partial charge in [0.05, 0.1) is 6.42 Å². The third kappa shape index (κ3) is 6.06. The summed E-state index contributed by atoms with van der Waals surface area (Å²) in [6.07, 6.45) is 0.562. The molecule has 1 N–H and O–H groups in total. The maximum Gasteiger partial charge on any atom is 0.253 e. The summed E-state index contributed by atoms with van der Waals surface area (Å²) in [5, 5.41) is 3.38. The van der Waals surface area contributed by atoms with E-state index in [-0.39, 0.29) is 24.1 Å². The van der Waals surface area contributed by atoms with Gasteiger partial charge in [0, 0.05) is 49.7 Å². The Morgan fingerprint density at radius 3 is 2.14 bits per heavy atom. The predicted molar refractivity (Wildman–Crippen MR) is 112 cm³/mol. The Morgan fingerprint density at radius 1 is 0.862 bits per heavy atom. The van der Waals surface area contributed by atoms with E-state index in [1.165, 1.54) is 0 Å².